The zero-order chi connectivity index (χ0) is 14.1. The van der Waals surface area contributed by atoms with Gasteiger partial charge in [0, 0.05) is 17.4 Å². The first-order valence-corrected chi connectivity index (χ1v) is 6.47. The summed E-state index contributed by atoms with van der Waals surface area (Å²) < 4.78 is 5.47. The van der Waals surface area contributed by atoms with Crippen LogP contribution in [0, 0.1) is 0 Å². The minimum Gasteiger partial charge on any atom is -0.408 e. The molecular weight excluding hydrogens is 326 g/mol. The standard InChI is InChI=1S/C13H8BrN3O3/c14-11-5-7(3-4-15-11)12(18)16-8-1-2-10-9(6-8)17-13(19)20-10/h1-6H,(H,16,18)(H,17,19). The fourth-order valence-corrected chi connectivity index (χ4v) is 2.14. The summed E-state index contributed by atoms with van der Waals surface area (Å²) in [6.07, 6.45) is 1.54. The van der Waals surface area contributed by atoms with Crippen LogP contribution in [0.2, 0.25) is 0 Å². The Bertz CT molecular complexity index is 853. The number of aromatic amines is 1. The molecule has 0 bridgehead atoms. The fraction of sp³-hybridized carbons (Fsp3) is 0. The van der Waals surface area contributed by atoms with E-state index in [0.29, 0.717) is 27.0 Å². The van der Waals surface area contributed by atoms with Crippen LogP contribution in [0.25, 0.3) is 11.1 Å². The SMILES string of the molecule is O=C(Nc1ccc2oc(=O)[nH]c2c1)c1ccnc(Br)c1. The molecule has 0 spiro atoms. The van der Waals surface area contributed by atoms with Gasteiger partial charge in [0.2, 0.25) is 0 Å². The molecule has 0 aliphatic rings. The molecule has 100 valence electrons. The van der Waals surface area contributed by atoms with Crippen LogP contribution >= 0.6 is 15.9 Å². The van der Waals surface area contributed by atoms with Gasteiger partial charge < -0.3 is 9.73 Å². The van der Waals surface area contributed by atoms with Gasteiger partial charge in [0.05, 0.1) is 5.52 Å². The van der Waals surface area contributed by atoms with E-state index in [1.807, 2.05) is 0 Å². The Morgan fingerprint density at radius 1 is 1.30 bits per heavy atom. The molecule has 3 rings (SSSR count). The number of hydrogen-bond donors (Lipinski definition) is 2. The van der Waals surface area contributed by atoms with Gasteiger partial charge in [-0.15, -0.1) is 0 Å². The second-order valence-electron chi connectivity index (χ2n) is 4.05. The van der Waals surface area contributed by atoms with E-state index < -0.39 is 5.76 Å². The van der Waals surface area contributed by atoms with E-state index in [9.17, 15) is 9.59 Å². The smallest absolute Gasteiger partial charge is 0.408 e. The maximum atomic E-state index is 12.1. The summed E-state index contributed by atoms with van der Waals surface area (Å²) in [7, 11) is 0. The van der Waals surface area contributed by atoms with E-state index in [0.717, 1.165) is 0 Å². The normalized spacial score (nSPS) is 10.7. The highest BCUT2D eigenvalue weighted by Crippen LogP contribution is 2.17. The van der Waals surface area contributed by atoms with Crippen molar-refractivity contribution in [2.24, 2.45) is 0 Å². The number of pyridine rings is 1. The number of nitrogens with one attached hydrogen (secondary N) is 2. The predicted octanol–water partition coefficient (Wildman–Crippen LogP) is 2.53. The molecule has 0 unspecified atom stereocenters. The molecule has 1 aromatic carbocycles. The van der Waals surface area contributed by atoms with Crippen molar-refractivity contribution in [3.63, 3.8) is 0 Å². The summed E-state index contributed by atoms with van der Waals surface area (Å²) >= 11 is 3.21. The Morgan fingerprint density at radius 3 is 2.95 bits per heavy atom. The second-order valence-corrected chi connectivity index (χ2v) is 4.86. The maximum absolute atomic E-state index is 12.1. The van der Waals surface area contributed by atoms with E-state index in [2.05, 4.69) is 31.2 Å². The first kappa shape index (κ1) is 12.6. The average molecular weight is 334 g/mol. The molecule has 0 aliphatic heterocycles. The summed E-state index contributed by atoms with van der Waals surface area (Å²) in [6, 6.07) is 8.14. The molecule has 1 amide bonds. The second kappa shape index (κ2) is 4.93. The van der Waals surface area contributed by atoms with Gasteiger partial charge in [-0.1, -0.05) is 0 Å². The quantitative estimate of drug-likeness (QED) is 0.705. The molecule has 20 heavy (non-hydrogen) atoms. The van der Waals surface area contributed by atoms with Crippen LogP contribution in [-0.4, -0.2) is 15.9 Å². The van der Waals surface area contributed by atoms with Crippen LogP contribution < -0.4 is 11.1 Å². The highest BCUT2D eigenvalue weighted by Gasteiger charge is 2.08. The third kappa shape index (κ3) is 2.48. The number of oxazole rings is 1. The number of nitrogens with zero attached hydrogens (tertiary/aromatic N) is 1. The Morgan fingerprint density at radius 2 is 2.15 bits per heavy atom. The van der Waals surface area contributed by atoms with Crippen molar-refractivity contribution in [3.05, 3.63) is 57.2 Å². The Balaban J connectivity index is 1.88. The van der Waals surface area contributed by atoms with E-state index in [4.69, 9.17) is 4.42 Å². The summed E-state index contributed by atoms with van der Waals surface area (Å²) in [5, 5.41) is 2.74. The number of benzene rings is 1. The first-order chi connectivity index (χ1) is 9.61. The molecule has 2 aromatic heterocycles. The molecule has 2 heterocycles. The van der Waals surface area contributed by atoms with Crippen molar-refractivity contribution < 1.29 is 9.21 Å². The number of H-pyrrole nitrogens is 1. The number of anilines is 1. The van der Waals surface area contributed by atoms with Gasteiger partial charge in [0.15, 0.2) is 5.58 Å². The van der Waals surface area contributed by atoms with E-state index in [-0.39, 0.29) is 5.91 Å². The monoisotopic (exact) mass is 333 g/mol. The third-order valence-electron chi connectivity index (χ3n) is 2.67. The molecule has 0 saturated heterocycles. The molecule has 3 aromatic rings. The Hall–Kier alpha value is -2.41. The minimum absolute atomic E-state index is 0.265. The van der Waals surface area contributed by atoms with Gasteiger partial charge in [-0.3, -0.25) is 9.78 Å². The average Bonchev–Trinajstić information content (AvgIpc) is 2.78. The Labute approximate surface area is 121 Å². The van der Waals surface area contributed by atoms with Crippen molar-refractivity contribution >= 4 is 38.6 Å². The topological polar surface area (TPSA) is 88.0 Å². The van der Waals surface area contributed by atoms with Gasteiger partial charge >= 0.3 is 5.76 Å². The minimum atomic E-state index is -0.526. The van der Waals surface area contributed by atoms with Gasteiger partial charge in [-0.25, -0.2) is 9.78 Å². The largest absolute Gasteiger partial charge is 0.417 e. The van der Waals surface area contributed by atoms with Crippen molar-refractivity contribution in [2.75, 3.05) is 5.32 Å². The van der Waals surface area contributed by atoms with Gasteiger partial charge in [-0.05, 0) is 46.3 Å². The molecule has 7 heteroatoms. The van der Waals surface area contributed by atoms with Crippen molar-refractivity contribution in [1.82, 2.24) is 9.97 Å². The fourth-order valence-electron chi connectivity index (χ4n) is 1.78. The van der Waals surface area contributed by atoms with Crippen molar-refractivity contribution in [3.8, 4) is 0 Å². The maximum Gasteiger partial charge on any atom is 0.417 e. The molecule has 2 N–H and O–H groups in total. The number of halogens is 1. The zero-order valence-electron chi connectivity index (χ0n) is 10.0. The first-order valence-electron chi connectivity index (χ1n) is 5.67. The van der Waals surface area contributed by atoms with Crippen molar-refractivity contribution in [1.29, 1.82) is 0 Å². The lowest BCUT2D eigenvalue weighted by Gasteiger charge is -2.05. The van der Waals surface area contributed by atoms with Crippen molar-refractivity contribution in [2.45, 2.75) is 0 Å². The summed E-state index contributed by atoms with van der Waals surface area (Å²) in [5.41, 5.74) is 2.02. The molecule has 0 radical (unpaired) electrons. The van der Waals surface area contributed by atoms with Gasteiger partial charge in [0.1, 0.15) is 4.60 Å². The van der Waals surface area contributed by atoms with Gasteiger partial charge in [-0.2, -0.15) is 0 Å². The highest BCUT2D eigenvalue weighted by molar-refractivity contribution is 9.10. The van der Waals surface area contributed by atoms with Crippen LogP contribution in [0.5, 0.6) is 0 Å². The van der Waals surface area contributed by atoms with Crippen LogP contribution in [-0.2, 0) is 0 Å². The summed E-state index contributed by atoms with van der Waals surface area (Å²) in [4.78, 5) is 29.6. The Kier molecular flexibility index (Phi) is 3.11. The van der Waals surface area contributed by atoms with Crippen LogP contribution in [0.15, 0.2) is 50.3 Å². The van der Waals surface area contributed by atoms with Crippen LogP contribution in [0.4, 0.5) is 5.69 Å². The van der Waals surface area contributed by atoms with E-state index >= 15 is 0 Å². The molecular formula is C13H8BrN3O3. The van der Waals surface area contributed by atoms with Crippen LogP contribution in [0.1, 0.15) is 10.4 Å². The number of carbonyl (C=O) groups is 1. The predicted molar refractivity (Wildman–Crippen MR) is 76.7 cm³/mol. The van der Waals surface area contributed by atoms with Crippen LogP contribution in [0.3, 0.4) is 0 Å². The molecule has 0 fully saturated rings. The van der Waals surface area contributed by atoms with Gasteiger partial charge in [0.25, 0.3) is 5.91 Å². The molecule has 0 atom stereocenters. The number of rotatable bonds is 2. The number of amides is 1. The third-order valence-corrected chi connectivity index (χ3v) is 3.10. The number of hydrogen-bond acceptors (Lipinski definition) is 4. The number of aromatic nitrogens is 2. The highest BCUT2D eigenvalue weighted by atomic mass is 79.9. The lowest BCUT2D eigenvalue weighted by molar-refractivity contribution is 0.102. The number of fused-ring (bicyclic) bond motifs is 1. The summed E-state index contributed by atoms with van der Waals surface area (Å²) in [6.45, 7) is 0. The molecule has 0 saturated carbocycles. The number of carbonyl (C=O) groups excluding carboxylic acids is 1. The van der Waals surface area contributed by atoms with E-state index in [1.54, 1.807) is 30.3 Å². The summed E-state index contributed by atoms with van der Waals surface area (Å²) in [5.74, 6) is -0.792. The molecule has 6 nitrogen and oxygen atoms in total. The molecule has 0 aliphatic carbocycles. The zero-order valence-corrected chi connectivity index (χ0v) is 11.6. The van der Waals surface area contributed by atoms with E-state index in [1.165, 1.54) is 6.20 Å². The lowest BCUT2D eigenvalue weighted by atomic mass is 10.2. The lowest BCUT2D eigenvalue weighted by Crippen LogP contribution is -2.11.